The molecule has 4 nitrogen and oxygen atoms in total. The number of nitrogens with one attached hydrogen (secondary N) is 1. The zero-order valence-corrected chi connectivity index (χ0v) is 11.8. The maximum absolute atomic E-state index is 13.4. The molecule has 22 heavy (non-hydrogen) atoms. The van der Waals surface area contributed by atoms with Gasteiger partial charge >= 0.3 is 0 Å². The minimum Gasteiger partial charge on any atom is -0.486 e. The van der Waals surface area contributed by atoms with Crippen LogP contribution in [0.25, 0.3) is 0 Å². The highest BCUT2D eigenvalue weighted by Gasteiger charge is 2.05. The third kappa shape index (κ3) is 4.82. The quantitative estimate of drug-likeness (QED) is 0.823. The van der Waals surface area contributed by atoms with Crippen molar-refractivity contribution in [1.82, 2.24) is 5.32 Å². The van der Waals surface area contributed by atoms with E-state index in [-0.39, 0.29) is 18.9 Å². The molecule has 0 spiro atoms. The second kappa shape index (κ2) is 7.51. The van der Waals surface area contributed by atoms with E-state index >= 15 is 0 Å². The number of primary amides is 1. The largest absolute Gasteiger partial charge is 0.486 e. The topological polar surface area (TPSA) is 64.4 Å². The number of hydrogen-bond acceptors (Lipinski definition) is 3. The Labute approximate surface area is 126 Å². The van der Waals surface area contributed by atoms with Crippen LogP contribution in [0, 0.1) is 11.6 Å². The van der Waals surface area contributed by atoms with Crippen molar-refractivity contribution >= 4 is 5.91 Å². The van der Waals surface area contributed by atoms with Crippen LogP contribution in [-0.2, 0) is 17.9 Å². The molecule has 0 aromatic heterocycles. The Morgan fingerprint density at radius 3 is 2.41 bits per heavy atom. The van der Waals surface area contributed by atoms with Crippen molar-refractivity contribution in [2.45, 2.75) is 13.2 Å². The van der Waals surface area contributed by atoms with Crippen LogP contribution < -0.4 is 15.8 Å². The van der Waals surface area contributed by atoms with Crippen molar-refractivity contribution < 1.29 is 18.3 Å². The molecule has 2 aromatic carbocycles. The molecule has 0 unspecified atom stereocenters. The first-order chi connectivity index (χ1) is 10.5. The fourth-order valence-corrected chi connectivity index (χ4v) is 1.84. The van der Waals surface area contributed by atoms with Crippen LogP contribution in [-0.4, -0.2) is 12.5 Å². The number of ether oxygens (including phenoxy) is 1. The van der Waals surface area contributed by atoms with Gasteiger partial charge in [0.25, 0.3) is 0 Å². The monoisotopic (exact) mass is 306 g/mol. The highest BCUT2D eigenvalue weighted by molar-refractivity contribution is 5.75. The van der Waals surface area contributed by atoms with Gasteiger partial charge in [0.05, 0.1) is 6.54 Å². The number of nitrogens with two attached hydrogens (primary N) is 1. The molecule has 0 saturated carbocycles. The number of carbonyl (C=O) groups is 1. The molecule has 2 aromatic rings. The summed E-state index contributed by atoms with van der Waals surface area (Å²) in [5.41, 5.74) is 6.86. The lowest BCUT2D eigenvalue weighted by Crippen LogP contribution is -2.28. The molecular weight excluding hydrogens is 290 g/mol. The van der Waals surface area contributed by atoms with E-state index in [1.54, 1.807) is 0 Å². The smallest absolute Gasteiger partial charge is 0.231 e. The molecule has 0 atom stereocenters. The molecule has 0 aliphatic rings. The average molecular weight is 306 g/mol. The van der Waals surface area contributed by atoms with Crippen LogP contribution >= 0.6 is 0 Å². The van der Waals surface area contributed by atoms with Crippen LogP contribution in [0.3, 0.4) is 0 Å². The summed E-state index contributed by atoms with van der Waals surface area (Å²) >= 11 is 0. The van der Waals surface area contributed by atoms with E-state index in [0.29, 0.717) is 6.54 Å². The van der Waals surface area contributed by atoms with Gasteiger partial charge in [0.1, 0.15) is 12.4 Å². The number of hydrogen-bond donors (Lipinski definition) is 2. The van der Waals surface area contributed by atoms with Gasteiger partial charge in [-0.25, -0.2) is 8.78 Å². The Bertz CT molecular complexity index is 645. The summed E-state index contributed by atoms with van der Waals surface area (Å²) in [6.45, 7) is 0.822. The van der Waals surface area contributed by atoms with E-state index < -0.39 is 17.5 Å². The van der Waals surface area contributed by atoms with Crippen molar-refractivity contribution in [2.24, 2.45) is 5.73 Å². The molecule has 1 amide bonds. The molecule has 0 saturated heterocycles. The predicted molar refractivity (Wildman–Crippen MR) is 78.0 cm³/mol. The van der Waals surface area contributed by atoms with E-state index in [2.05, 4.69) is 5.32 Å². The third-order valence-electron chi connectivity index (χ3n) is 2.94. The number of rotatable bonds is 7. The summed E-state index contributed by atoms with van der Waals surface area (Å²) in [6, 6.07) is 10.6. The molecule has 0 radical (unpaired) electrons. The molecule has 2 rings (SSSR count). The standard InChI is InChI=1S/C16H16F2N2O2/c17-13-5-6-15(14(18)7-13)22-10-12-3-1-11(2-4-12)8-20-9-16(19)21/h1-7,20H,8-10H2,(H2,19,21). The lowest BCUT2D eigenvalue weighted by Gasteiger charge is -2.08. The van der Waals surface area contributed by atoms with Crippen LogP contribution in [0.15, 0.2) is 42.5 Å². The zero-order chi connectivity index (χ0) is 15.9. The number of halogens is 2. The first kappa shape index (κ1) is 15.9. The van der Waals surface area contributed by atoms with E-state index in [9.17, 15) is 13.6 Å². The van der Waals surface area contributed by atoms with Gasteiger partial charge in [0, 0.05) is 12.6 Å². The van der Waals surface area contributed by atoms with Gasteiger partial charge in [-0.15, -0.1) is 0 Å². The predicted octanol–water partition coefficient (Wildman–Crippen LogP) is 2.12. The van der Waals surface area contributed by atoms with Gasteiger partial charge in [-0.05, 0) is 23.3 Å². The van der Waals surface area contributed by atoms with Crippen LogP contribution in [0.1, 0.15) is 11.1 Å². The van der Waals surface area contributed by atoms with Crippen LogP contribution in [0.4, 0.5) is 8.78 Å². The highest BCUT2D eigenvalue weighted by atomic mass is 19.1. The zero-order valence-electron chi connectivity index (χ0n) is 11.8. The number of amides is 1. The summed E-state index contributed by atoms with van der Waals surface area (Å²) in [5.74, 6) is -1.77. The van der Waals surface area contributed by atoms with Crippen LogP contribution in [0.2, 0.25) is 0 Å². The maximum Gasteiger partial charge on any atom is 0.231 e. The van der Waals surface area contributed by atoms with Gasteiger partial charge in [-0.1, -0.05) is 24.3 Å². The third-order valence-corrected chi connectivity index (χ3v) is 2.94. The number of carbonyl (C=O) groups excluding carboxylic acids is 1. The van der Waals surface area contributed by atoms with E-state index in [1.165, 1.54) is 6.07 Å². The Balaban J connectivity index is 1.87. The molecule has 6 heteroatoms. The van der Waals surface area contributed by atoms with Crippen molar-refractivity contribution in [3.8, 4) is 5.75 Å². The van der Waals surface area contributed by atoms with Crippen molar-refractivity contribution in [2.75, 3.05) is 6.54 Å². The SMILES string of the molecule is NC(=O)CNCc1ccc(COc2ccc(F)cc2F)cc1. The van der Waals surface area contributed by atoms with E-state index in [0.717, 1.165) is 23.3 Å². The summed E-state index contributed by atoms with van der Waals surface area (Å²) in [6.07, 6.45) is 0. The molecule has 116 valence electrons. The lowest BCUT2D eigenvalue weighted by atomic mass is 10.1. The molecule has 0 fully saturated rings. The minimum absolute atomic E-state index is 0.00796. The van der Waals surface area contributed by atoms with Gasteiger partial charge in [0.15, 0.2) is 11.6 Å². The van der Waals surface area contributed by atoms with Crippen LogP contribution in [0.5, 0.6) is 5.75 Å². The normalized spacial score (nSPS) is 10.5. The number of benzene rings is 2. The van der Waals surface area contributed by atoms with Crippen molar-refractivity contribution in [1.29, 1.82) is 0 Å². The van der Waals surface area contributed by atoms with Gasteiger partial charge in [0.2, 0.25) is 5.91 Å². The molecule has 3 N–H and O–H groups in total. The summed E-state index contributed by atoms with van der Waals surface area (Å²) < 4.78 is 31.5. The van der Waals surface area contributed by atoms with Gasteiger partial charge in [-0.3, -0.25) is 4.79 Å². The maximum atomic E-state index is 13.4. The fraction of sp³-hybridized carbons (Fsp3) is 0.188. The first-order valence-corrected chi connectivity index (χ1v) is 6.69. The fourth-order valence-electron chi connectivity index (χ4n) is 1.84. The van der Waals surface area contributed by atoms with E-state index in [4.69, 9.17) is 10.5 Å². The Kier molecular flexibility index (Phi) is 5.43. The van der Waals surface area contributed by atoms with E-state index in [1.807, 2.05) is 24.3 Å². The summed E-state index contributed by atoms with van der Waals surface area (Å²) in [4.78, 5) is 10.6. The second-order valence-corrected chi connectivity index (χ2v) is 4.75. The molecule has 0 aliphatic heterocycles. The van der Waals surface area contributed by atoms with Gasteiger partial charge < -0.3 is 15.8 Å². The molecule has 0 bridgehead atoms. The second-order valence-electron chi connectivity index (χ2n) is 4.75. The Hall–Kier alpha value is -2.47. The summed E-state index contributed by atoms with van der Waals surface area (Å²) in [5, 5.41) is 2.90. The Morgan fingerprint density at radius 2 is 1.77 bits per heavy atom. The van der Waals surface area contributed by atoms with Crippen molar-refractivity contribution in [3.63, 3.8) is 0 Å². The van der Waals surface area contributed by atoms with Gasteiger partial charge in [-0.2, -0.15) is 0 Å². The minimum atomic E-state index is -0.729. The summed E-state index contributed by atoms with van der Waals surface area (Å²) in [7, 11) is 0. The Morgan fingerprint density at radius 1 is 1.09 bits per heavy atom. The van der Waals surface area contributed by atoms with Crippen molar-refractivity contribution in [3.05, 3.63) is 65.2 Å². The molecule has 0 aliphatic carbocycles. The highest BCUT2D eigenvalue weighted by Crippen LogP contribution is 2.19. The molecular formula is C16H16F2N2O2. The average Bonchev–Trinajstić information content (AvgIpc) is 2.47. The molecule has 0 heterocycles. The lowest BCUT2D eigenvalue weighted by molar-refractivity contribution is -0.117. The first-order valence-electron chi connectivity index (χ1n) is 6.69.